The molecule has 5 heteroatoms. The molecule has 1 rings (SSSR count). The highest BCUT2D eigenvalue weighted by molar-refractivity contribution is 5.81. The molecule has 1 N–H and O–H groups in total. The van der Waals surface area contributed by atoms with Gasteiger partial charge in [-0.1, -0.05) is 19.3 Å². The summed E-state index contributed by atoms with van der Waals surface area (Å²) >= 11 is 0. The predicted octanol–water partition coefficient (Wildman–Crippen LogP) is 1.87. The van der Waals surface area contributed by atoms with E-state index in [1.165, 1.54) is 32.1 Å². The van der Waals surface area contributed by atoms with E-state index in [1.807, 2.05) is 39.8 Å². The zero-order valence-electron chi connectivity index (χ0n) is 14.9. The van der Waals surface area contributed by atoms with E-state index in [9.17, 15) is 9.59 Å². The number of carbonyl (C=O) groups is 2. The number of carbonyl (C=O) groups excluding carboxylic acids is 2. The van der Waals surface area contributed by atoms with Gasteiger partial charge in [0.1, 0.15) is 0 Å². The van der Waals surface area contributed by atoms with Gasteiger partial charge in [-0.05, 0) is 46.6 Å². The van der Waals surface area contributed by atoms with Crippen molar-refractivity contribution in [3.63, 3.8) is 0 Å². The zero-order chi connectivity index (χ0) is 16.8. The number of likely N-dealkylation sites (N-methyl/N-ethyl adjacent to an activating group) is 2. The summed E-state index contributed by atoms with van der Waals surface area (Å²) < 4.78 is 0. The standard InChI is InChI=1S/C17H33N3O2/c1-17(2,3)18-15(21)12-19(4)13-16(22)20(5)11-14-9-7-6-8-10-14/h14H,6-13H2,1-5H3,(H,18,21). The van der Waals surface area contributed by atoms with Gasteiger partial charge in [0.05, 0.1) is 13.1 Å². The van der Waals surface area contributed by atoms with Gasteiger partial charge in [0, 0.05) is 19.1 Å². The second-order valence-electron chi connectivity index (χ2n) is 7.75. The van der Waals surface area contributed by atoms with Gasteiger partial charge in [0.25, 0.3) is 0 Å². The lowest BCUT2D eigenvalue weighted by Crippen LogP contribution is -2.47. The van der Waals surface area contributed by atoms with E-state index in [1.54, 1.807) is 4.90 Å². The third-order valence-electron chi connectivity index (χ3n) is 4.02. The minimum Gasteiger partial charge on any atom is -0.350 e. The second kappa shape index (κ2) is 8.51. The first-order valence-corrected chi connectivity index (χ1v) is 8.41. The average molecular weight is 311 g/mol. The first kappa shape index (κ1) is 18.9. The molecule has 0 aromatic heterocycles. The van der Waals surface area contributed by atoms with E-state index in [4.69, 9.17) is 0 Å². The topological polar surface area (TPSA) is 52.7 Å². The lowest BCUT2D eigenvalue weighted by atomic mass is 9.89. The van der Waals surface area contributed by atoms with Crippen LogP contribution >= 0.6 is 0 Å². The molecule has 0 radical (unpaired) electrons. The molecule has 2 amide bonds. The number of rotatable bonds is 6. The molecule has 128 valence electrons. The average Bonchev–Trinajstić information content (AvgIpc) is 2.36. The molecule has 0 saturated heterocycles. The van der Waals surface area contributed by atoms with Crippen LogP contribution in [-0.4, -0.2) is 60.9 Å². The van der Waals surface area contributed by atoms with Crippen molar-refractivity contribution in [2.75, 3.05) is 33.7 Å². The summed E-state index contributed by atoms with van der Waals surface area (Å²) in [5.74, 6) is 0.701. The summed E-state index contributed by atoms with van der Waals surface area (Å²) in [4.78, 5) is 27.7. The SMILES string of the molecule is CN(CC(=O)NC(C)(C)C)CC(=O)N(C)CC1CCCCC1. The molecular formula is C17H33N3O2. The molecule has 5 nitrogen and oxygen atoms in total. The third-order valence-corrected chi connectivity index (χ3v) is 4.02. The van der Waals surface area contributed by atoms with E-state index < -0.39 is 0 Å². The Balaban J connectivity index is 2.31. The molecule has 1 fully saturated rings. The van der Waals surface area contributed by atoms with Crippen molar-refractivity contribution in [2.45, 2.75) is 58.4 Å². The number of hydrogen-bond donors (Lipinski definition) is 1. The Kier molecular flexibility index (Phi) is 7.33. The smallest absolute Gasteiger partial charge is 0.236 e. The Morgan fingerprint density at radius 1 is 1.05 bits per heavy atom. The maximum Gasteiger partial charge on any atom is 0.236 e. The highest BCUT2D eigenvalue weighted by atomic mass is 16.2. The van der Waals surface area contributed by atoms with E-state index >= 15 is 0 Å². The van der Waals surface area contributed by atoms with Gasteiger partial charge >= 0.3 is 0 Å². The fourth-order valence-electron chi connectivity index (χ4n) is 2.97. The highest BCUT2D eigenvalue weighted by Crippen LogP contribution is 2.24. The lowest BCUT2D eigenvalue weighted by molar-refractivity contribution is -0.132. The molecule has 1 saturated carbocycles. The van der Waals surface area contributed by atoms with Crippen LogP contribution in [0.1, 0.15) is 52.9 Å². The first-order valence-electron chi connectivity index (χ1n) is 8.41. The van der Waals surface area contributed by atoms with Crippen LogP contribution in [0.3, 0.4) is 0 Å². The van der Waals surface area contributed by atoms with Gasteiger partial charge < -0.3 is 10.2 Å². The third kappa shape index (κ3) is 7.78. The van der Waals surface area contributed by atoms with Crippen LogP contribution < -0.4 is 5.32 Å². The van der Waals surface area contributed by atoms with Crippen LogP contribution in [0, 0.1) is 5.92 Å². The van der Waals surface area contributed by atoms with Crippen LogP contribution in [0.5, 0.6) is 0 Å². The highest BCUT2D eigenvalue weighted by Gasteiger charge is 2.20. The summed E-state index contributed by atoms with van der Waals surface area (Å²) in [6.07, 6.45) is 6.39. The van der Waals surface area contributed by atoms with E-state index in [0.29, 0.717) is 12.5 Å². The van der Waals surface area contributed by atoms with Crippen molar-refractivity contribution >= 4 is 11.8 Å². The molecular weight excluding hydrogens is 278 g/mol. The fourth-order valence-corrected chi connectivity index (χ4v) is 2.97. The van der Waals surface area contributed by atoms with Crippen molar-refractivity contribution in [2.24, 2.45) is 5.92 Å². The molecule has 22 heavy (non-hydrogen) atoms. The van der Waals surface area contributed by atoms with Crippen molar-refractivity contribution in [1.82, 2.24) is 15.1 Å². The van der Waals surface area contributed by atoms with Crippen molar-refractivity contribution < 1.29 is 9.59 Å². The Hall–Kier alpha value is -1.10. The van der Waals surface area contributed by atoms with Gasteiger partial charge in [-0.3, -0.25) is 14.5 Å². The molecule has 1 aliphatic carbocycles. The molecule has 0 atom stereocenters. The van der Waals surface area contributed by atoms with Crippen LogP contribution in [-0.2, 0) is 9.59 Å². The molecule has 0 aromatic rings. The molecule has 0 spiro atoms. The molecule has 1 aliphatic rings. The Labute approximate surface area is 135 Å². The van der Waals surface area contributed by atoms with Crippen molar-refractivity contribution in [3.8, 4) is 0 Å². The minimum atomic E-state index is -0.236. The number of nitrogens with zero attached hydrogens (tertiary/aromatic N) is 2. The quantitative estimate of drug-likeness (QED) is 0.815. The molecule has 0 unspecified atom stereocenters. The summed E-state index contributed by atoms with van der Waals surface area (Å²) in [6, 6.07) is 0. The second-order valence-corrected chi connectivity index (χ2v) is 7.75. The van der Waals surface area contributed by atoms with Crippen LogP contribution in [0.25, 0.3) is 0 Å². The summed E-state index contributed by atoms with van der Waals surface area (Å²) in [6.45, 7) is 7.25. The van der Waals surface area contributed by atoms with Gasteiger partial charge in [0.15, 0.2) is 0 Å². The van der Waals surface area contributed by atoms with Gasteiger partial charge in [-0.15, -0.1) is 0 Å². The van der Waals surface area contributed by atoms with Gasteiger partial charge in [-0.25, -0.2) is 0 Å². The molecule has 0 heterocycles. The van der Waals surface area contributed by atoms with E-state index in [2.05, 4.69) is 5.32 Å². The first-order chi connectivity index (χ1) is 10.2. The predicted molar refractivity (Wildman–Crippen MR) is 89.6 cm³/mol. The van der Waals surface area contributed by atoms with Crippen molar-refractivity contribution in [1.29, 1.82) is 0 Å². The van der Waals surface area contributed by atoms with Gasteiger partial charge in [-0.2, -0.15) is 0 Å². The van der Waals surface area contributed by atoms with Crippen LogP contribution in [0.15, 0.2) is 0 Å². The monoisotopic (exact) mass is 311 g/mol. The Morgan fingerprint density at radius 2 is 1.64 bits per heavy atom. The van der Waals surface area contributed by atoms with Crippen LogP contribution in [0.2, 0.25) is 0 Å². The molecule has 0 aliphatic heterocycles. The number of nitrogens with one attached hydrogen (secondary N) is 1. The largest absolute Gasteiger partial charge is 0.350 e. The number of amides is 2. The molecule has 0 aromatic carbocycles. The number of hydrogen-bond acceptors (Lipinski definition) is 3. The van der Waals surface area contributed by atoms with E-state index in [0.717, 1.165) is 6.54 Å². The van der Waals surface area contributed by atoms with Crippen LogP contribution in [0.4, 0.5) is 0 Å². The summed E-state index contributed by atoms with van der Waals surface area (Å²) in [5, 5.41) is 2.91. The normalized spacial score (nSPS) is 16.6. The minimum absolute atomic E-state index is 0.0438. The maximum absolute atomic E-state index is 12.2. The summed E-state index contributed by atoms with van der Waals surface area (Å²) in [7, 11) is 3.69. The lowest BCUT2D eigenvalue weighted by Gasteiger charge is -2.28. The molecule has 0 bridgehead atoms. The fraction of sp³-hybridized carbons (Fsp3) is 0.882. The zero-order valence-corrected chi connectivity index (χ0v) is 14.9. The van der Waals surface area contributed by atoms with Crippen molar-refractivity contribution in [3.05, 3.63) is 0 Å². The van der Waals surface area contributed by atoms with E-state index in [-0.39, 0.29) is 23.9 Å². The van der Waals surface area contributed by atoms with Gasteiger partial charge in [0.2, 0.25) is 11.8 Å². The Bertz CT molecular complexity index is 371. The Morgan fingerprint density at radius 3 is 2.18 bits per heavy atom. The summed E-state index contributed by atoms with van der Waals surface area (Å²) in [5.41, 5.74) is -0.236. The maximum atomic E-state index is 12.2.